The van der Waals surface area contributed by atoms with E-state index in [0.717, 1.165) is 24.3 Å². The van der Waals surface area contributed by atoms with Crippen LogP contribution in [0.3, 0.4) is 0 Å². The van der Waals surface area contributed by atoms with E-state index in [0.29, 0.717) is 6.29 Å². The fraction of sp³-hybridized carbons (Fsp3) is 0.100. The molecule has 0 N–H and O–H groups in total. The second kappa shape index (κ2) is 4.49. The van der Waals surface area contributed by atoms with Gasteiger partial charge in [0.05, 0.1) is 5.56 Å². The van der Waals surface area contributed by atoms with E-state index in [4.69, 9.17) is 11.6 Å². The van der Waals surface area contributed by atoms with Crippen LogP contribution in [0.5, 0.6) is 0 Å². The van der Waals surface area contributed by atoms with Gasteiger partial charge in [-0.1, -0.05) is 17.7 Å². The molecule has 0 aromatic heterocycles. The molecule has 1 aromatic rings. The van der Waals surface area contributed by atoms with Crippen molar-refractivity contribution >= 4 is 24.0 Å². The number of carbonyl (C=O) groups excluding carboxylic acids is 1. The summed E-state index contributed by atoms with van der Waals surface area (Å²) in [4.78, 5) is 10.0. The molecule has 0 saturated carbocycles. The van der Waals surface area contributed by atoms with E-state index in [9.17, 15) is 18.0 Å². The van der Waals surface area contributed by atoms with Crippen LogP contribution >= 0.6 is 11.6 Å². The molecule has 0 heterocycles. The van der Waals surface area contributed by atoms with Crippen LogP contribution in [0.4, 0.5) is 13.2 Å². The Labute approximate surface area is 89.2 Å². The number of allylic oxidation sites excluding steroid dienone is 1. The zero-order chi connectivity index (χ0) is 11.5. The molecular formula is C10H6ClF3O. The van der Waals surface area contributed by atoms with Crippen LogP contribution in [0.25, 0.3) is 6.08 Å². The lowest BCUT2D eigenvalue weighted by Crippen LogP contribution is -2.04. The van der Waals surface area contributed by atoms with Gasteiger partial charge in [-0.2, -0.15) is 13.2 Å². The van der Waals surface area contributed by atoms with Crippen molar-refractivity contribution in [1.82, 2.24) is 0 Å². The van der Waals surface area contributed by atoms with Gasteiger partial charge in [-0.25, -0.2) is 0 Å². The minimum atomic E-state index is -4.41. The van der Waals surface area contributed by atoms with Gasteiger partial charge in [-0.15, -0.1) is 0 Å². The zero-order valence-electron chi connectivity index (χ0n) is 7.38. The van der Waals surface area contributed by atoms with Crippen LogP contribution < -0.4 is 0 Å². The third-order valence-corrected chi connectivity index (χ3v) is 2.02. The average molecular weight is 235 g/mol. The summed E-state index contributed by atoms with van der Waals surface area (Å²) in [7, 11) is 0. The van der Waals surface area contributed by atoms with Gasteiger partial charge in [0.1, 0.15) is 6.29 Å². The van der Waals surface area contributed by atoms with E-state index in [1.165, 1.54) is 6.08 Å². The maximum Gasteiger partial charge on any atom is 0.416 e. The maximum absolute atomic E-state index is 12.3. The summed E-state index contributed by atoms with van der Waals surface area (Å²) in [5, 5.41) is 0.168. The third kappa shape index (κ3) is 3.09. The van der Waals surface area contributed by atoms with Crippen molar-refractivity contribution in [2.45, 2.75) is 6.18 Å². The Kier molecular flexibility index (Phi) is 3.52. The molecule has 0 saturated heterocycles. The first kappa shape index (κ1) is 11.8. The van der Waals surface area contributed by atoms with E-state index in [-0.39, 0.29) is 10.6 Å². The number of hydrogen-bond acceptors (Lipinski definition) is 1. The second-order valence-corrected chi connectivity index (χ2v) is 3.14. The van der Waals surface area contributed by atoms with E-state index in [1.807, 2.05) is 0 Å². The van der Waals surface area contributed by atoms with E-state index in [1.54, 1.807) is 0 Å². The number of alkyl halides is 3. The molecule has 0 amide bonds. The maximum atomic E-state index is 12.3. The number of aldehydes is 1. The first-order valence-corrected chi connectivity index (χ1v) is 4.31. The standard InChI is InChI=1S/C10H6ClF3O/c11-9-4-3-8(10(12,13)14)6-7(9)2-1-5-15/h1-6H/b2-1+. The lowest BCUT2D eigenvalue weighted by molar-refractivity contribution is -0.137. The molecule has 1 nitrogen and oxygen atoms in total. The van der Waals surface area contributed by atoms with Gasteiger partial charge in [0.25, 0.3) is 0 Å². The molecular weight excluding hydrogens is 229 g/mol. The Morgan fingerprint density at radius 1 is 1.27 bits per heavy atom. The molecule has 1 rings (SSSR count). The van der Waals surface area contributed by atoms with Crippen molar-refractivity contribution < 1.29 is 18.0 Å². The lowest BCUT2D eigenvalue weighted by Gasteiger charge is -2.07. The van der Waals surface area contributed by atoms with Crippen molar-refractivity contribution in [3.8, 4) is 0 Å². The smallest absolute Gasteiger partial charge is 0.299 e. The molecule has 0 bridgehead atoms. The molecule has 5 heteroatoms. The summed E-state index contributed by atoms with van der Waals surface area (Å²) in [5.74, 6) is 0. The molecule has 80 valence electrons. The molecule has 0 unspecified atom stereocenters. The summed E-state index contributed by atoms with van der Waals surface area (Å²) < 4.78 is 36.9. The van der Waals surface area contributed by atoms with Gasteiger partial charge < -0.3 is 0 Å². The van der Waals surface area contributed by atoms with Crippen molar-refractivity contribution in [2.24, 2.45) is 0 Å². The molecule has 15 heavy (non-hydrogen) atoms. The Morgan fingerprint density at radius 2 is 1.93 bits per heavy atom. The molecule has 1 aromatic carbocycles. The van der Waals surface area contributed by atoms with Gasteiger partial charge in [0.2, 0.25) is 0 Å². The molecule has 0 spiro atoms. The molecule has 0 aliphatic carbocycles. The fourth-order valence-electron chi connectivity index (χ4n) is 0.991. The largest absolute Gasteiger partial charge is 0.416 e. The molecule has 0 aliphatic rings. The van der Waals surface area contributed by atoms with Gasteiger partial charge in [-0.3, -0.25) is 4.79 Å². The highest BCUT2D eigenvalue weighted by molar-refractivity contribution is 6.32. The van der Waals surface area contributed by atoms with Crippen molar-refractivity contribution in [1.29, 1.82) is 0 Å². The van der Waals surface area contributed by atoms with Crippen LogP contribution in [-0.2, 0) is 11.0 Å². The minimum Gasteiger partial charge on any atom is -0.299 e. The normalized spacial score (nSPS) is 12.0. The number of benzene rings is 1. The van der Waals surface area contributed by atoms with Gasteiger partial charge in [0.15, 0.2) is 0 Å². The molecule has 0 fully saturated rings. The second-order valence-electron chi connectivity index (χ2n) is 2.73. The van der Waals surface area contributed by atoms with E-state index in [2.05, 4.69) is 0 Å². The van der Waals surface area contributed by atoms with Crippen molar-refractivity contribution in [2.75, 3.05) is 0 Å². The van der Waals surface area contributed by atoms with Crippen LogP contribution in [0.2, 0.25) is 5.02 Å². The quantitative estimate of drug-likeness (QED) is 0.565. The van der Waals surface area contributed by atoms with Crippen molar-refractivity contribution in [3.05, 3.63) is 40.4 Å². The summed E-state index contributed by atoms with van der Waals surface area (Å²) in [6, 6.07) is 2.93. The Bertz CT molecular complexity index is 396. The number of halogens is 4. The predicted octanol–water partition coefficient (Wildman–Crippen LogP) is 3.57. The SMILES string of the molecule is O=C/C=C/c1cc(C(F)(F)F)ccc1Cl. The van der Waals surface area contributed by atoms with Gasteiger partial charge in [0, 0.05) is 5.02 Å². The highest BCUT2D eigenvalue weighted by Crippen LogP contribution is 2.32. The molecule has 0 atom stereocenters. The van der Waals surface area contributed by atoms with Crippen LogP contribution in [0.15, 0.2) is 24.3 Å². The van der Waals surface area contributed by atoms with E-state index < -0.39 is 11.7 Å². The highest BCUT2D eigenvalue weighted by Gasteiger charge is 2.30. The summed E-state index contributed by atoms with van der Waals surface area (Å²) >= 11 is 5.65. The average Bonchev–Trinajstić information content (AvgIpc) is 2.15. The summed E-state index contributed by atoms with van der Waals surface area (Å²) in [5.41, 5.74) is -0.629. The van der Waals surface area contributed by atoms with Crippen LogP contribution in [-0.4, -0.2) is 6.29 Å². The van der Waals surface area contributed by atoms with Crippen LogP contribution in [0, 0.1) is 0 Å². The Balaban J connectivity index is 3.16. The van der Waals surface area contributed by atoms with E-state index >= 15 is 0 Å². The van der Waals surface area contributed by atoms with Crippen molar-refractivity contribution in [3.63, 3.8) is 0 Å². The monoisotopic (exact) mass is 234 g/mol. The summed E-state index contributed by atoms with van der Waals surface area (Å²) in [6.45, 7) is 0. The molecule has 0 aliphatic heterocycles. The first-order valence-electron chi connectivity index (χ1n) is 3.94. The van der Waals surface area contributed by atoms with Crippen LogP contribution in [0.1, 0.15) is 11.1 Å². The number of hydrogen-bond donors (Lipinski definition) is 0. The number of carbonyl (C=O) groups is 1. The highest BCUT2D eigenvalue weighted by atomic mass is 35.5. The minimum absolute atomic E-state index is 0.165. The topological polar surface area (TPSA) is 17.1 Å². The zero-order valence-corrected chi connectivity index (χ0v) is 8.14. The third-order valence-electron chi connectivity index (χ3n) is 1.68. The first-order chi connectivity index (χ1) is 6.95. The predicted molar refractivity (Wildman–Crippen MR) is 51.6 cm³/mol. The molecule has 0 radical (unpaired) electrons. The Hall–Kier alpha value is -1.29. The lowest BCUT2D eigenvalue weighted by atomic mass is 10.1. The number of rotatable bonds is 2. The Morgan fingerprint density at radius 3 is 2.47 bits per heavy atom. The van der Waals surface area contributed by atoms with Gasteiger partial charge >= 0.3 is 6.18 Å². The fourth-order valence-corrected chi connectivity index (χ4v) is 1.17. The van der Waals surface area contributed by atoms with Gasteiger partial charge in [-0.05, 0) is 29.8 Å². The summed E-state index contributed by atoms with van der Waals surface area (Å²) in [6.07, 6.45) is -1.63.